The van der Waals surface area contributed by atoms with E-state index in [1.807, 2.05) is 0 Å². The number of anilines is 1. The van der Waals surface area contributed by atoms with E-state index in [1.54, 1.807) is 43.5 Å². The summed E-state index contributed by atoms with van der Waals surface area (Å²) >= 11 is 0. The Morgan fingerprint density at radius 1 is 1.12 bits per heavy atom. The second-order valence-electron chi connectivity index (χ2n) is 5.48. The molecule has 0 radical (unpaired) electrons. The summed E-state index contributed by atoms with van der Waals surface area (Å²) < 4.78 is 28.6. The first-order valence-electron chi connectivity index (χ1n) is 7.82. The summed E-state index contributed by atoms with van der Waals surface area (Å²) in [5.41, 5.74) is 1.64. The molecule has 0 aliphatic rings. The maximum Gasteiger partial charge on any atom is 0.230 e. The molecule has 2 aromatic carbocycles. The summed E-state index contributed by atoms with van der Waals surface area (Å²) in [5.74, 6) is 0.967. The first-order chi connectivity index (χ1) is 12.6. The van der Waals surface area contributed by atoms with E-state index in [9.17, 15) is 9.18 Å². The topological polar surface area (TPSA) is 73.6 Å². The molecular formula is C19H17FN2O4. The molecule has 0 fully saturated rings. The summed E-state index contributed by atoms with van der Waals surface area (Å²) in [5, 5.41) is 6.65. The molecule has 1 heterocycles. The Morgan fingerprint density at radius 3 is 2.58 bits per heavy atom. The van der Waals surface area contributed by atoms with Gasteiger partial charge in [-0.15, -0.1) is 0 Å². The van der Waals surface area contributed by atoms with Crippen LogP contribution in [0.25, 0.3) is 11.3 Å². The second kappa shape index (κ2) is 7.69. The fourth-order valence-corrected chi connectivity index (χ4v) is 2.42. The molecule has 1 N–H and O–H groups in total. The van der Waals surface area contributed by atoms with Gasteiger partial charge in [0.25, 0.3) is 0 Å². The van der Waals surface area contributed by atoms with Crippen molar-refractivity contribution in [1.29, 1.82) is 0 Å². The molecule has 0 unspecified atom stereocenters. The number of halogens is 1. The third-order valence-corrected chi connectivity index (χ3v) is 3.71. The molecule has 7 heteroatoms. The number of carbonyl (C=O) groups excluding carboxylic acids is 1. The molecule has 3 rings (SSSR count). The smallest absolute Gasteiger partial charge is 0.230 e. The van der Waals surface area contributed by atoms with Crippen molar-refractivity contribution < 1.29 is 23.2 Å². The van der Waals surface area contributed by atoms with Gasteiger partial charge in [-0.05, 0) is 36.4 Å². The summed E-state index contributed by atoms with van der Waals surface area (Å²) in [7, 11) is 3.06. The van der Waals surface area contributed by atoms with Crippen LogP contribution in [0, 0.1) is 5.82 Å². The van der Waals surface area contributed by atoms with E-state index in [-0.39, 0.29) is 18.1 Å². The lowest BCUT2D eigenvalue weighted by Crippen LogP contribution is -2.15. The highest BCUT2D eigenvalue weighted by molar-refractivity contribution is 5.93. The van der Waals surface area contributed by atoms with Crippen LogP contribution in [0.5, 0.6) is 11.5 Å². The third kappa shape index (κ3) is 4.00. The van der Waals surface area contributed by atoms with Gasteiger partial charge in [0.15, 0.2) is 5.76 Å². The predicted octanol–water partition coefficient (Wildman–Crippen LogP) is 3.68. The summed E-state index contributed by atoms with van der Waals surface area (Å²) in [6, 6.07) is 12.6. The van der Waals surface area contributed by atoms with E-state index in [4.69, 9.17) is 14.0 Å². The average molecular weight is 356 g/mol. The number of nitrogens with one attached hydrogen (secondary N) is 1. The minimum Gasteiger partial charge on any atom is -0.497 e. The number of hydrogen-bond donors (Lipinski definition) is 1. The van der Waals surface area contributed by atoms with Crippen molar-refractivity contribution in [1.82, 2.24) is 5.16 Å². The zero-order valence-corrected chi connectivity index (χ0v) is 14.3. The van der Waals surface area contributed by atoms with Crippen molar-refractivity contribution in [2.75, 3.05) is 19.5 Å². The Labute approximate surface area is 149 Å². The van der Waals surface area contributed by atoms with Crippen LogP contribution in [0.3, 0.4) is 0 Å². The van der Waals surface area contributed by atoms with Gasteiger partial charge >= 0.3 is 0 Å². The molecule has 0 aliphatic heterocycles. The van der Waals surface area contributed by atoms with Crippen LogP contribution in [0.15, 0.2) is 53.1 Å². The highest BCUT2D eigenvalue weighted by Crippen LogP contribution is 2.29. The summed E-state index contributed by atoms with van der Waals surface area (Å²) in [6.45, 7) is 0. The maximum atomic E-state index is 13.0. The number of carbonyl (C=O) groups is 1. The first-order valence-corrected chi connectivity index (χ1v) is 7.82. The minimum absolute atomic E-state index is 0.0189. The zero-order valence-electron chi connectivity index (χ0n) is 14.3. The van der Waals surface area contributed by atoms with Gasteiger partial charge in [-0.1, -0.05) is 5.16 Å². The van der Waals surface area contributed by atoms with Crippen molar-refractivity contribution in [2.45, 2.75) is 6.42 Å². The SMILES string of the molecule is COc1ccc(OC)c(NC(=O)Cc2cc(-c3ccc(F)cc3)on2)c1. The lowest BCUT2D eigenvalue weighted by molar-refractivity contribution is -0.115. The van der Waals surface area contributed by atoms with Gasteiger partial charge in [0.1, 0.15) is 17.3 Å². The Bertz CT molecular complexity index is 906. The Kier molecular flexibility index (Phi) is 5.17. The highest BCUT2D eigenvalue weighted by atomic mass is 19.1. The Morgan fingerprint density at radius 2 is 1.88 bits per heavy atom. The van der Waals surface area contributed by atoms with Gasteiger partial charge in [-0.25, -0.2) is 4.39 Å². The molecular weight excluding hydrogens is 339 g/mol. The van der Waals surface area contributed by atoms with Gasteiger partial charge in [0.2, 0.25) is 5.91 Å². The number of hydrogen-bond acceptors (Lipinski definition) is 5. The average Bonchev–Trinajstić information content (AvgIpc) is 3.10. The first kappa shape index (κ1) is 17.5. The van der Waals surface area contributed by atoms with Gasteiger partial charge in [0, 0.05) is 17.7 Å². The molecule has 3 aromatic rings. The largest absolute Gasteiger partial charge is 0.497 e. The van der Waals surface area contributed by atoms with Crippen molar-refractivity contribution in [2.24, 2.45) is 0 Å². The van der Waals surface area contributed by atoms with E-state index in [2.05, 4.69) is 10.5 Å². The molecule has 6 nitrogen and oxygen atoms in total. The van der Waals surface area contributed by atoms with Crippen molar-refractivity contribution >= 4 is 11.6 Å². The normalized spacial score (nSPS) is 10.4. The standard InChI is InChI=1S/C19H17FN2O4/c1-24-15-7-8-17(25-2)16(11-15)21-19(23)10-14-9-18(26-22-14)12-3-5-13(20)6-4-12/h3-9,11H,10H2,1-2H3,(H,21,23). The van der Waals surface area contributed by atoms with Gasteiger partial charge in [-0.3, -0.25) is 4.79 Å². The molecule has 0 atom stereocenters. The van der Waals surface area contributed by atoms with Gasteiger partial charge < -0.3 is 19.3 Å². The summed E-state index contributed by atoms with van der Waals surface area (Å²) in [6.07, 6.45) is 0.0189. The molecule has 0 saturated carbocycles. The van der Waals surface area contributed by atoms with Crippen molar-refractivity contribution in [3.05, 3.63) is 60.0 Å². The van der Waals surface area contributed by atoms with Crippen LogP contribution in [0.1, 0.15) is 5.69 Å². The third-order valence-electron chi connectivity index (χ3n) is 3.71. The number of aromatic nitrogens is 1. The van der Waals surface area contributed by atoms with E-state index >= 15 is 0 Å². The lowest BCUT2D eigenvalue weighted by atomic mass is 10.1. The zero-order chi connectivity index (χ0) is 18.5. The van der Waals surface area contributed by atoms with Crippen molar-refractivity contribution in [3.63, 3.8) is 0 Å². The predicted molar refractivity (Wildman–Crippen MR) is 93.8 cm³/mol. The van der Waals surface area contributed by atoms with Crippen LogP contribution in [-0.2, 0) is 11.2 Å². The molecule has 0 saturated heterocycles. The number of methoxy groups -OCH3 is 2. The molecule has 134 valence electrons. The quantitative estimate of drug-likeness (QED) is 0.729. The van der Waals surface area contributed by atoms with Gasteiger partial charge in [0.05, 0.1) is 32.0 Å². The maximum absolute atomic E-state index is 13.0. The minimum atomic E-state index is -0.333. The van der Waals surface area contributed by atoms with Crippen LogP contribution < -0.4 is 14.8 Å². The van der Waals surface area contributed by atoms with Crippen LogP contribution in [0.4, 0.5) is 10.1 Å². The molecule has 0 bridgehead atoms. The van der Waals surface area contributed by atoms with E-state index in [1.165, 1.54) is 19.2 Å². The molecule has 1 aromatic heterocycles. The van der Waals surface area contributed by atoms with Crippen LogP contribution in [-0.4, -0.2) is 25.3 Å². The number of ether oxygens (including phenoxy) is 2. The van der Waals surface area contributed by atoms with Crippen LogP contribution in [0.2, 0.25) is 0 Å². The number of amides is 1. The number of nitrogens with zero attached hydrogens (tertiary/aromatic N) is 1. The highest BCUT2D eigenvalue weighted by Gasteiger charge is 2.13. The molecule has 26 heavy (non-hydrogen) atoms. The van der Waals surface area contributed by atoms with Gasteiger partial charge in [-0.2, -0.15) is 0 Å². The Hall–Kier alpha value is -3.35. The Balaban J connectivity index is 1.70. The van der Waals surface area contributed by atoms with E-state index < -0.39 is 0 Å². The molecule has 0 spiro atoms. The van der Waals surface area contributed by atoms with E-state index in [0.717, 1.165) is 0 Å². The monoisotopic (exact) mass is 356 g/mol. The fourth-order valence-electron chi connectivity index (χ4n) is 2.42. The van der Waals surface area contributed by atoms with Crippen molar-refractivity contribution in [3.8, 4) is 22.8 Å². The fraction of sp³-hybridized carbons (Fsp3) is 0.158. The summed E-state index contributed by atoms with van der Waals surface area (Å²) in [4.78, 5) is 12.3. The van der Waals surface area contributed by atoms with Crippen LogP contribution >= 0.6 is 0 Å². The number of rotatable bonds is 6. The second-order valence-corrected chi connectivity index (χ2v) is 5.48. The number of benzene rings is 2. The molecule has 1 amide bonds. The lowest BCUT2D eigenvalue weighted by Gasteiger charge is -2.11. The molecule has 0 aliphatic carbocycles. The van der Waals surface area contributed by atoms with E-state index in [0.29, 0.717) is 34.2 Å².